The number of rotatable bonds is 1. The molecule has 0 spiro atoms. The van der Waals surface area contributed by atoms with Gasteiger partial charge < -0.3 is 10.1 Å². The monoisotopic (exact) mass is 304 g/mol. The predicted octanol–water partition coefficient (Wildman–Crippen LogP) is 2.41. The Kier molecular flexibility index (Phi) is 3.06. The van der Waals surface area contributed by atoms with Crippen LogP contribution in [0.25, 0.3) is 11.0 Å². The number of benzene rings is 1. The van der Waals surface area contributed by atoms with Crippen molar-refractivity contribution < 1.29 is 14.0 Å². The van der Waals surface area contributed by atoms with Gasteiger partial charge in [-0.05, 0) is 32.1 Å². The SMILES string of the molecule is O=[n+]1c2c(n(O)c3cc(F)c(N4CCCC4)cc31)CCCC2. The van der Waals surface area contributed by atoms with E-state index >= 15 is 0 Å². The molecule has 0 atom stereocenters. The van der Waals surface area contributed by atoms with Gasteiger partial charge in [0.25, 0.3) is 11.2 Å². The van der Waals surface area contributed by atoms with E-state index < -0.39 is 0 Å². The van der Waals surface area contributed by atoms with Crippen LogP contribution < -0.4 is 9.33 Å². The number of nitrogens with zero attached hydrogens (tertiary/aromatic N) is 3. The summed E-state index contributed by atoms with van der Waals surface area (Å²) in [5.74, 6) is -0.382. The van der Waals surface area contributed by atoms with E-state index in [0.717, 1.165) is 47.9 Å². The van der Waals surface area contributed by atoms with Gasteiger partial charge in [0.1, 0.15) is 11.5 Å². The minimum Gasteiger partial charge on any atom is -0.428 e. The van der Waals surface area contributed by atoms with Crippen molar-refractivity contribution in [1.29, 1.82) is 0 Å². The highest BCUT2D eigenvalue weighted by Gasteiger charge is 2.29. The molecule has 5 nitrogen and oxygen atoms in total. The molecule has 1 aliphatic carbocycles. The molecule has 0 radical (unpaired) electrons. The zero-order chi connectivity index (χ0) is 15.3. The van der Waals surface area contributed by atoms with Crippen LogP contribution in [0.2, 0.25) is 0 Å². The fraction of sp³-hybridized carbons (Fsp3) is 0.500. The van der Waals surface area contributed by atoms with Gasteiger partial charge in [-0.3, -0.25) is 0 Å². The Morgan fingerprint density at radius 1 is 1.09 bits per heavy atom. The second-order valence-electron chi connectivity index (χ2n) is 6.19. The quantitative estimate of drug-likeness (QED) is 0.650. The number of halogens is 1. The maximum atomic E-state index is 14.4. The molecule has 1 fully saturated rings. The second kappa shape index (κ2) is 4.97. The van der Waals surface area contributed by atoms with Crippen molar-refractivity contribution >= 4 is 16.7 Å². The Balaban J connectivity index is 1.99. The number of aromatic nitrogens is 2. The van der Waals surface area contributed by atoms with Gasteiger partial charge >= 0.3 is 0 Å². The molecule has 4 rings (SSSR count). The van der Waals surface area contributed by atoms with E-state index in [4.69, 9.17) is 0 Å². The van der Waals surface area contributed by atoms with E-state index in [1.807, 2.05) is 4.90 Å². The molecule has 1 aromatic heterocycles. The summed E-state index contributed by atoms with van der Waals surface area (Å²) < 4.78 is 16.3. The van der Waals surface area contributed by atoms with Crippen LogP contribution in [0.4, 0.5) is 10.1 Å². The first-order chi connectivity index (χ1) is 10.7. The summed E-state index contributed by atoms with van der Waals surface area (Å²) in [6.45, 7) is 1.62. The minimum absolute atomic E-state index is 0.246. The predicted molar refractivity (Wildman–Crippen MR) is 80.5 cm³/mol. The fourth-order valence-corrected chi connectivity index (χ4v) is 3.68. The summed E-state index contributed by atoms with van der Waals surface area (Å²) in [6, 6.07) is 2.87. The summed E-state index contributed by atoms with van der Waals surface area (Å²) in [7, 11) is 0. The number of anilines is 1. The van der Waals surface area contributed by atoms with Gasteiger partial charge in [0.15, 0.2) is 5.52 Å². The molecular formula is C16H19FN3O2+. The zero-order valence-electron chi connectivity index (χ0n) is 12.4. The lowest BCUT2D eigenvalue weighted by atomic mass is 10.00. The lowest BCUT2D eigenvalue weighted by molar-refractivity contribution is -0.477. The van der Waals surface area contributed by atoms with Crippen LogP contribution in [0.5, 0.6) is 0 Å². The normalized spacial score (nSPS) is 18.0. The van der Waals surface area contributed by atoms with Crippen LogP contribution in [-0.2, 0) is 12.8 Å². The summed E-state index contributed by atoms with van der Waals surface area (Å²) in [5.41, 5.74) is 2.27. The third kappa shape index (κ3) is 1.90. The van der Waals surface area contributed by atoms with Gasteiger partial charge in [-0.25, -0.2) is 4.39 Å². The Bertz CT molecular complexity index is 809. The molecule has 0 unspecified atom stereocenters. The van der Waals surface area contributed by atoms with E-state index in [1.165, 1.54) is 6.07 Å². The second-order valence-corrected chi connectivity index (χ2v) is 6.19. The molecule has 116 valence electrons. The Labute approximate surface area is 127 Å². The van der Waals surface area contributed by atoms with Crippen molar-refractivity contribution in [2.45, 2.75) is 38.5 Å². The summed E-state index contributed by atoms with van der Waals surface area (Å²) in [4.78, 5) is 14.6. The van der Waals surface area contributed by atoms with E-state index in [9.17, 15) is 14.5 Å². The molecule has 1 N–H and O–H groups in total. The molecule has 22 heavy (non-hydrogen) atoms. The largest absolute Gasteiger partial charge is 0.428 e. The molecule has 1 saturated heterocycles. The minimum atomic E-state index is -0.382. The lowest BCUT2D eigenvalue weighted by Crippen LogP contribution is -2.31. The molecule has 1 aliphatic heterocycles. The molecular weight excluding hydrogens is 285 g/mol. The molecule has 0 saturated carbocycles. The highest BCUT2D eigenvalue weighted by atomic mass is 19.1. The first-order valence-corrected chi connectivity index (χ1v) is 7.93. The third-order valence-electron chi connectivity index (χ3n) is 4.85. The van der Waals surface area contributed by atoms with Gasteiger partial charge in [-0.1, -0.05) is 0 Å². The van der Waals surface area contributed by atoms with Gasteiger partial charge in [0.05, 0.1) is 10.1 Å². The van der Waals surface area contributed by atoms with Gasteiger partial charge in [-0.2, -0.15) is 4.73 Å². The van der Waals surface area contributed by atoms with Crippen LogP contribution in [0.3, 0.4) is 0 Å². The van der Waals surface area contributed by atoms with Crippen LogP contribution in [0, 0.1) is 10.7 Å². The Morgan fingerprint density at radius 3 is 2.59 bits per heavy atom. The van der Waals surface area contributed by atoms with E-state index in [2.05, 4.69) is 0 Å². The van der Waals surface area contributed by atoms with Crippen molar-refractivity contribution in [3.05, 3.63) is 34.2 Å². The van der Waals surface area contributed by atoms with Crippen molar-refractivity contribution in [1.82, 2.24) is 4.73 Å². The van der Waals surface area contributed by atoms with Crippen molar-refractivity contribution in [3.63, 3.8) is 0 Å². The van der Waals surface area contributed by atoms with Crippen molar-refractivity contribution in [2.75, 3.05) is 18.0 Å². The molecule has 2 aliphatic rings. The molecule has 6 heteroatoms. The Morgan fingerprint density at radius 2 is 1.82 bits per heavy atom. The summed E-state index contributed by atoms with van der Waals surface area (Å²) >= 11 is 0. The molecule has 2 aromatic rings. The topological polar surface area (TPSA) is 51.4 Å². The fourth-order valence-electron chi connectivity index (χ4n) is 3.68. The summed E-state index contributed by atoms with van der Waals surface area (Å²) in [5, 5.41) is 10.4. The smallest absolute Gasteiger partial charge is 0.292 e. The van der Waals surface area contributed by atoms with Crippen LogP contribution >= 0.6 is 0 Å². The molecule has 1 aromatic carbocycles. The Hall–Kier alpha value is -2.11. The first-order valence-electron chi connectivity index (χ1n) is 7.93. The number of fused-ring (bicyclic) bond motifs is 2. The zero-order valence-corrected chi connectivity index (χ0v) is 12.4. The highest BCUT2D eigenvalue weighted by molar-refractivity contribution is 5.77. The molecule has 2 heterocycles. The van der Waals surface area contributed by atoms with Crippen LogP contribution in [-0.4, -0.2) is 23.0 Å². The number of hydrogen-bond acceptors (Lipinski definition) is 3. The van der Waals surface area contributed by atoms with E-state index in [-0.39, 0.29) is 11.3 Å². The highest BCUT2D eigenvalue weighted by Crippen LogP contribution is 2.29. The van der Waals surface area contributed by atoms with E-state index in [1.54, 1.807) is 6.07 Å². The van der Waals surface area contributed by atoms with Crippen molar-refractivity contribution in [2.24, 2.45) is 0 Å². The average Bonchev–Trinajstić information content (AvgIpc) is 3.06. The van der Waals surface area contributed by atoms with E-state index in [0.29, 0.717) is 35.4 Å². The average molecular weight is 304 g/mol. The van der Waals surface area contributed by atoms with Gasteiger partial charge in [-0.15, -0.1) is 0 Å². The van der Waals surface area contributed by atoms with Gasteiger partial charge in [0, 0.05) is 36.6 Å². The third-order valence-corrected chi connectivity index (χ3v) is 4.85. The lowest BCUT2D eigenvalue weighted by Gasteiger charge is -2.19. The maximum absolute atomic E-state index is 14.4. The summed E-state index contributed by atoms with van der Waals surface area (Å²) in [6.07, 6.45) is 5.28. The van der Waals surface area contributed by atoms with Crippen molar-refractivity contribution in [3.8, 4) is 0 Å². The first kappa shape index (κ1) is 13.5. The van der Waals surface area contributed by atoms with Crippen LogP contribution in [0.15, 0.2) is 12.1 Å². The standard InChI is InChI=1S/C16H19FN3O2/c17-11-9-15-16(10-14(11)18-7-3-4-8-18)20(22)13-6-2-1-5-12(13)19(15)21/h9-10,21H,1-8H2/q+1. The van der Waals surface area contributed by atoms with Crippen LogP contribution in [0.1, 0.15) is 37.1 Å². The molecule has 0 bridgehead atoms. The maximum Gasteiger partial charge on any atom is 0.292 e. The van der Waals surface area contributed by atoms with Gasteiger partial charge in [0.2, 0.25) is 0 Å². The number of hydrogen-bond donors (Lipinski definition) is 1. The molecule has 0 amide bonds.